The zero-order valence-corrected chi connectivity index (χ0v) is 14.5. The highest BCUT2D eigenvalue weighted by Gasteiger charge is 2.17. The fourth-order valence-electron chi connectivity index (χ4n) is 3.36. The van der Waals surface area contributed by atoms with Gasteiger partial charge in [-0.2, -0.15) is 0 Å². The molecule has 0 bridgehead atoms. The molecule has 0 spiro atoms. The smallest absolute Gasteiger partial charge is 0.273 e. The standard InChI is InChI=1S/C21H21N3O2/c25-21(18-15-20(26-23-18)17-8-2-1-3-9-17)22-12-14-24-13-6-10-16-7-4-5-11-19(16)24/h1-5,7-9,11,15H,6,10,12-14H2,(H,22,25). The predicted molar refractivity (Wildman–Crippen MR) is 101 cm³/mol. The Hall–Kier alpha value is -3.08. The molecule has 0 atom stereocenters. The number of rotatable bonds is 5. The monoisotopic (exact) mass is 347 g/mol. The van der Waals surface area contributed by atoms with E-state index in [1.54, 1.807) is 6.07 Å². The first kappa shape index (κ1) is 16.4. The van der Waals surface area contributed by atoms with Gasteiger partial charge in [0, 0.05) is 37.0 Å². The average molecular weight is 347 g/mol. The van der Waals surface area contributed by atoms with E-state index in [2.05, 4.69) is 39.6 Å². The quantitative estimate of drug-likeness (QED) is 0.767. The molecule has 0 fully saturated rings. The Morgan fingerprint density at radius 3 is 2.81 bits per heavy atom. The average Bonchev–Trinajstić information content (AvgIpc) is 3.19. The van der Waals surface area contributed by atoms with E-state index in [0.717, 1.165) is 31.5 Å². The summed E-state index contributed by atoms with van der Waals surface area (Å²) < 4.78 is 5.29. The van der Waals surface area contributed by atoms with Gasteiger partial charge in [-0.1, -0.05) is 53.7 Å². The van der Waals surface area contributed by atoms with Crippen molar-refractivity contribution in [2.24, 2.45) is 0 Å². The molecule has 2 aromatic carbocycles. The first-order valence-corrected chi connectivity index (χ1v) is 8.94. The molecule has 1 aliphatic heterocycles. The number of benzene rings is 2. The maximum absolute atomic E-state index is 12.3. The van der Waals surface area contributed by atoms with Gasteiger partial charge in [0.1, 0.15) is 0 Å². The fourth-order valence-corrected chi connectivity index (χ4v) is 3.36. The first-order valence-electron chi connectivity index (χ1n) is 8.94. The molecule has 5 nitrogen and oxygen atoms in total. The summed E-state index contributed by atoms with van der Waals surface area (Å²) in [7, 11) is 0. The van der Waals surface area contributed by atoms with Crippen LogP contribution >= 0.6 is 0 Å². The summed E-state index contributed by atoms with van der Waals surface area (Å²) in [5.74, 6) is 0.391. The first-order chi connectivity index (χ1) is 12.8. The van der Waals surface area contributed by atoms with Crippen LogP contribution < -0.4 is 10.2 Å². The minimum absolute atomic E-state index is 0.207. The maximum Gasteiger partial charge on any atom is 0.273 e. The van der Waals surface area contributed by atoms with Crippen LogP contribution in [0.1, 0.15) is 22.5 Å². The van der Waals surface area contributed by atoms with E-state index in [1.165, 1.54) is 11.3 Å². The van der Waals surface area contributed by atoms with Crippen molar-refractivity contribution < 1.29 is 9.32 Å². The van der Waals surface area contributed by atoms with Crippen molar-refractivity contribution in [1.82, 2.24) is 10.5 Å². The minimum Gasteiger partial charge on any atom is -0.370 e. The molecule has 0 unspecified atom stereocenters. The number of hydrogen-bond acceptors (Lipinski definition) is 4. The molecule has 2 heterocycles. The van der Waals surface area contributed by atoms with Crippen molar-refractivity contribution in [2.75, 3.05) is 24.5 Å². The lowest BCUT2D eigenvalue weighted by molar-refractivity contribution is 0.0945. The van der Waals surface area contributed by atoms with Crippen LogP contribution in [0.25, 0.3) is 11.3 Å². The SMILES string of the molecule is O=C(NCCN1CCCc2ccccc21)c1cc(-c2ccccc2)on1. The van der Waals surface area contributed by atoms with E-state index in [1.807, 2.05) is 30.3 Å². The van der Waals surface area contributed by atoms with Gasteiger partial charge in [0.05, 0.1) is 0 Å². The zero-order chi connectivity index (χ0) is 17.8. The molecule has 1 amide bonds. The summed E-state index contributed by atoms with van der Waals surface area (Å²) in [6.07, 6.45) is 2.27. The second kappa shape index (κ2) is 7.44. The van der Waals surface area contributed by atoms with E-state index < -0.39 is 0 Å². The molecule has 5 heteroatoms. The number of aryl methyl sites for hydroxylation is 1. The van der Waals surface area contributed by atoms with Crippen molar-refractivity contribution in [1.29, 1.82) is 0 Å². The molecule has 26 heavy (non-hydrogen) atoms. The molecule has 4 rings (SSSR count). The summed E-state index contributed by atoms with van der Waals surface area (Å²) in [5.41, 5.74) is 3.88. The van der Waals surface area contributed by atoms with Crippen LogP contribution in [0, 0.1) is 0 Å². The second-order valence-electron chi connectivity index (χ2n) is 6.42. The number of nitrogens with zero attached hydrogens (tertiary/aromatic N) is 2. The number of carbonyl (C=O) groups is 1. The maximum atomic E-state index is 12.3. The molecule has 0 saturated carbocycles. The van der Waals surface area contributed by atoms with Crippen LogP contribution in [0.5, 0.6) is 0 Å². The Kier molecular flexibility index (Phi) is 4.69. The number of nitrogens with one attached hydrogen (secondary N) is 1. The Bertz CT molecular complexity index is 889. The molecule has 1 aliphatic rings. The Morgan fingerprint density at radius 2 is 1.92 bits per heavy atom. The third-order valence-electron chi connectivity index (χ3n) is 4.67. The molecular formula is C21H21N3O2. The van der Waals surface area contributed by atoms with Crippen LogP contribution in [0.15, 0.2) is 65.2 Å². The highest BCUT2D eigenvalue weighted by atomic mass is 16.5. The number of fused-ring (bicyclic) bond motifs is 1. The molecule has 3 aromatic rings. The second-order valence-corrected chi connectivity index (χ2v) is 6.42. The van der Waals surface area contributed by atoms with Crippen LogP contribution in [0.3, 0.4) is 0 Å². The van der Waals surface area contributed by atoms with Crippen molar-refractivity contribution in [3.05, 3.63) is 71.9 Å². The van der Waals surface area contributed by atoms with E-state index in [9.17, 15) is 4.79 Å². The predicted octanol–water partition coefficient (Wildman–Crippen LogP) is 3.52. The third-order valence-corrected chi connectivity index (χ3v) is 4.67. The number of amides is 1. The van der Waals surface area contributed by atoms with Crippen LogP contribution in [-0.4, -0.2) is 30.7 Å². The van der Waals surface area contributed by atoms with Gasteiger partial charge in [-0.25, -0.2) is 0 Å². The van der Waals surface area contributed by atoms with Gasteiger partial charge in [-0.15, -0.1) is 0 Å². The van der Waals surface area contributed by atoms with Crippen LogP contribution in [0.2, 0.25) is 0 Å². The van der Waals surface area contributed by atoms with E-state index in [4.69, 9.17) is 4.52 Å². The number of aromatic nitrogens is 1. The topological polar surface area (TPSA) is 58.4 Å². The van der Waals surface area contributed by atoms with E-state index >= 15 is 0 Å². The number of para-hydroxylation sites is 1. The summed E-state index contributed by atoms with van der Waals surface area (Å²) in [6, 6.07) is 19.8. The Balaban J connectivity index is 1.35. The molecule has 1 aromatic heterocycles. The third kappa shape index (κ3) is 3.47. The van der Waals surface area contributed by atoms with Gasteiger partial charge in [0.15, 0.2) is 11.5 Å². The van der Waals surface area contributed by atoms with Crippen LogP contribution in [0.4, 0.5) is 5.69 Å². The molecule has 0 aliphatic carbocycles. The van der Waals surface area contributed by atoms with Crippen LogP contribution in [-0.2, 0) is 6.42 Å². The number of carbonyl (C=O) groups excluding carboxylic acids is 1. The largest absolute Gasteiger partial charge is 0.370 e. The summed E-state index contributed by atoms with van der Waals surface area (Å²) in [6.45, 7) is 2.38. The van der Waals surface area contributed by atoms with Crippen molar-refractivity contribution in [3.63, 3.8) is 0 Å². The van der Waals surface area contributed by atoms with Crippen molar-refractivity contribution in [3.8, 4) is 11.3 Å². The van der Waals surface area contributed by atoms with Crippen molar-refractivity contribution >= 4 is 11.6 Å². The van der Waals surface area contributed by atoms with Gasteiger partial charge < -0.3 is 14.7 Å². The summed E-state index contributed by atoms with van der Waals surface area (Å²) in [4.78, 5) is 14.7. The highest BCUT2D eigenvalue weighted by Crippen LogP contribution is 2.26. The van der Waals surface area contributed by atoms with Gasteiger partial charge in [-0.05, 0) is 24.5 Å². The lowest BCUT2D eigenvalue weighted by Crippen LogP contribution is -2.37. The van der Waals surface area contributed by atoms with Gasteiger partial charge in [0.2, 0.25) is 0 Å². The molecule has 0 saturated heterocycles. The Labute approximate surface area is 152 Å². The molecule has 0 radical (unpaired) electrons. The Morgan fingerprint density at radius 1 is 1.12 bits per heavy atom. The van der Waals surface area contributed by atoms with Gasteiger partial charge in [-0.3, -0.25) is 4.79 Å². The lowest BCUT2D eigenvalue weighted by Gasteiger charge is -2.31. The normalized spacial score (nSPS) is 13.3. The van der Waals surface area contributed by atoms with Gasteiger partial charge >= 0.3 is 0 Å². The molecule has 132 valence electrons. The van der Waals surface area contributed by atoms with E-state index in [-0.39, 0.29) is 5.91 Å². The van der Waals surface area contributed by atoms with Crippen molar-refractivity contribution in [2.45, 2.75) is 12.8 Å². The summed E-state index contributed by atoms with van der Waals surface area (Å²) >= 11 is 0. The van der Waals surface area contributed by atoms with E-state index in [0.29, 0.717) is 18.0 Å². The minimum atomic E-state index is -0.207. The number of anilines is 1. The zero-order valence-electron chi connectivity index (χ0n) is 14.5. The highest BCUT2D eigenvalue weighted by molar-refractivity contribution is 5.93. The number of hydrogen-bond donors (Lipinski definition) is 1. The molecule has 1 N–H and O–H groups in total. The summed E-state index contributed by atoms with van der Waals surface area (Å²) in [5, 5.41) is 6.83. The fraction of sp³-hybridized carbons (Fsp3) is 0.238. The van der Waals surface area contributed by atoms with Gasteiger partial charge in [0.25, 0.3) is 5.91 Å². The lowest BCUT2D eigenvalue weighted by atomic mass is 10.0. The molecular weight excluding hydrogens is 326 g/mol.